The number of hydrogen-bond acceptors (Lipinski definition) is 3. The topological polar surface area (TPSA) is 28.2 Å². The van der Waals surface area contributed by atoms with Crippen molar-refractivity contribution in [1.82, 2.24) is 15.2 Å². The molecule has 2 atom stereocenters. The van der Waals surface area contributed by atoms with Crippen molar-refractivity contribution in [2.45, 2.75) is 20.4 Å². The molecule has 2 unspecified atom stereocenters. The maximum Gasteiger partial charge on any atom is 0.0312 e. The minimum atomic E-state index is 0.721. The second-order valence-corrected chi connectivity index (χ2v) is 5.42. The highest BCUT2D eigenvalue weighted by atomic mass is 15.1. The molecular weight excluding hydrogens is 210 g/mol. The molecule has 3 nitrogen and oxygen atoms in total. The smallest absolute Gasteiger partial charge is 0.0312 e. The van der Waals surface area contributed by atoms with Crippen molar-refractivity contribution >= 4 is 0 Å². The van der Waals surface area contributed by atoms with E-state index in [1.54, 1.807) is 0 Å². The van der Waals surface area contributed by atoms with Gasteiger partial charge in [-0.15, -0.1) is 0 Å². The molecule has 1 saturated heterocycles. The molecule has 0 aliphatic carbocycles. The second-order valence-electron chi connectivity index (χ2n) is 5.42. The van der Waals surface area contributed by atoms with Gasteiger partial charge in [-0.05, 0) is 36.6 Å². The predicted octanol–water partition coefficient (Wildman–Crippen LogP) is 1.76. The molecule has 1 fully saturated rings. The summed E-state index contributed by atoms with van der Waals surface area (Å²) in [7, 11) is 0. The Bertz CT molecular complexity index is 313. The van der Waals surface area contributed by atoms with E-state index in [0.29, 0.717) is 0 Å². The van der Waals surface area contributed by atoms with Crippen LogP contribution in [-0.2, 0) is 6.54 Å². The molecule has 1 aromatic rings. The minimum absolute atomic E-state index is 0.721. The zero-order valence-corrected chi connectivity index (χ0v) is 10.9. The first-order valence-electron chi connectivity index (χ1n) is 6.56. The first-order chi connectivity index (χ1) is 8.24. The Morgan fingerprint density at radius 2 is 2.00 bits per heavy atom. The molecule has 0 aromatic carbocycles. The van der Waals surface area contributed by atoms with Gasteiger partial charge < -0.3 is 5.32 Å². The first-order valence-corrected chi connectivity index (χ1v) is 6.56. The SMILES string of the molecule is CC1CNCC(C)CN(Cc2cccnc2)C1. The summed E-state index contributed by atoms with van der Waals surface area (Å²) in [6.45, 7) is 10.3. The third-order valence-electron chi connectivity index (χ3n) is 3.25. The Hall–Kier alpha value is -0.930. The van der Waals surface area contributed by atoms with Crippen LogP contribution in [0.2, 0.25) is 0 Å². The van der Waals surface area contributed by atoms with Crippen LogP contribution in [0.5, 0.6) is 0 Å². The molecule has 2 heterocycles. The lowest BCUT2D eigenvalue weighted by atomic mass is 10.0. The van der Waals surface area contributed by atoms with Gasteiger partial charge in [-0.25, -0.2) is 0 Å². The van der Waals surface area contributed by atoms with Crippen molar-refractivity contribution in [3.05, 3.63) is 30.1 Å². The van der Waals surface area contributed by atoms with Gasteiger partial charge in [-0.2, -0.15) is 0 Å². The number of nitrogens with zero attached hydrogens (tertiary/aromatic N) is 2. The zero-order chi connectivity index (χ0) is 12.1. The van der Waals surface area contributed by atoms with Crippen molar-refractivity contribution in [3.63, 3.8) is 0 Å². The lowest BCUT2D eigenvalue weighted by Crippen LogP contribution is -2.42. The molecule has 1 aliphatic heterocycles. The van der Waals surface area contributed by atoms with Gasteiger partial charge in [0.2, 0.25) is 0 Å². The molecule has 2 rings (SSSR count). The van der Waals surface area contributed by atoms with Crippen LogP contribution >= 0.6 is 0 Å². The third kappa shape index (κ3) is 4.10. The van der Waals surface area contributed by atoms with Crippen LogP contribution in [0.15, 0.2) is 24.5 Å². The monoisotopic (exact) mass is 233 g/mol. The van der Waals surface area contributed by atoms with Crippen LogP contribution in [-0.4, -0.2) is 36.1 Å². The summed E-state index contributed by atoms with van der Waals surface area (Å²) in [4.78, 5) is 6.75. The summed E-state index contributed by atoms with van der Waals surface area (Å²) >= 11 is 0. The molecule has 94 valence electrons. The van der Waals surface area contributed by atoms with Crippen molar-refractivity contribution in [1.29, 1.82) is 0 Å². The van der Waals surface area contributed by atoms with Gasteiger partial charge in [0.25, 0.3) is 0 Å². The van der Waals surface area contributed by atoms with Crippen LogP contribution in [0, 0.1) is 11.8 Å². The maximum atomic E-state index is 4.19. The molecule has 1 aliphatic rings. The summed E-state index contributed by atoms with van der Waals surface area (Å²) in [6.07, 6.45) is 3.82. The zero-order valence-electron chi connectivity index (χ0n) is 10.9. The van der Waals surface area contributed by atoms with Crippen molar-refractivity contribution in [2.24, 2.45) is 11.8 Å². The van der Waals surface area contributed by atoms with Crippen LogP contribution in [0.1, 0.15) is 19.4 Å². The highest BCUT2D eigenvalue weighted by Crippen LogP contribution is 2.11. The Balaban J connectivity index is 1.96. The Kier molecular flexibility index (Phi) is 4.51. The van der Waals surface area contributed by atoms with Crippen LogP contribution in [0.3, 0.4) is 0 Å². The summed E-state index contributed by atoms with van der Waals surface area (Å²) < 4.78 is 0. The summed E-state index contributed by atoms with van der Waals surface area (Å²) in [5, 5.41) is 3.53. The van der Waals surface area contributed by atoms with Crippen LogP contribution < -0.4 is 5.32 Å². The molecule has 1 N–H and O–H groups in total. The van der Waals surface area contributed by atoms with E-state index >= 15 is 0 Å². The van der Waals surface area contributed by atoms with Crippen molar-refractivity contribution in [3.8, 4) is 0 Å². The largest absolute Gasteiger partial charge is 0.316 e. The molecular formula is C14H23N3. The van der Waals surface area contributed by atoms with E-state index in [4.69, 9.17) is 0 Å². The fourth-order valence-electron chi connectivity index (χ4n) is 2.54. The van der Waals surface area contributed by atoms with E-state index in [1.807, 2.05) is 18.5 Å². The first kappa shape index (κ1) is 12.5. The fraction of sp³-hybridized carbons (Fsp3) is 0.643. The molecule has 0 bridgehead atoms. The third-order valence-corrected chi connectivity index (χ3v) is 3.25. The second kappa shape index (κ2) is 6.12. The van der Waals surface area contributed by atoms with Crippen molar-refractivity contribution in [2.75, 3.05) is 26.2 Å². The average Bonchev–Trinajstić information content (AvgIpc) is 2.28. The number of pyridine rings is 1. The Morgan fingerprint density at radius 3 is 2.59 bits per heavy atom. The normalized spacial score (nSPS) is 27.4. The summed E-state index contributed by atoms with van der Waals surface area (Å²) in [6, 6.07) is 4.19. The van der Waals surface area contributed by atoms with Crippen molar-refractivity contribution < 1.29 is 0 Å². The Morgan fingerprint density at radius 1 is 1.29 bits per heavy atom. The van der Waals surface area contributed by atoms with Crippen LogP contribution in [0.25, 0.3) is 0 Å². The summed E-state index contributed by atoms with van der Waals surface area (Å²) in [5.74, 6) is 1.44. The standard InChI is InChI=1S/C14H23N3/c1-12-6-16-7-13(2)10-17(9-12)11-14-4-3-5-15-8-14/h3-5,8,12-13,16H,6-7,9-11H2,1-2H3. The summed E-state index contributed by atoms with van der Waals surface area (Å²) in [5.41, 5.74) is 1.32. The number of aromatic nitrogens is 1. The van der Waals surface area contributed by atoms with Gasteiger partial charge in [0.15, 0.2) is 0 Å². The van der Waals surface area contributed by atoms with Gasteiger partial charge >= 0.3 is 0 Å². The maximum absolute atomic E-state index is 4.19. The van der Waals surface area contributed by atoms with E-state index in [2.05, 4.69) is 35.1 Å². The van der Waals surface area contributed by atoms with E-state index in [9.17, 15) is 0 Å². The highest BCUT2D eigenvalue weighted by Gasteiger charge is 2.17. The van der Waals surface area contributed by atoms with E-state index in [1.165, 1.54) is 18.7 Å². The predicted molar refractivity (Wildman–Crippen MR) is 70.7 cm³/mol. The quantitative estimate of drug-likeness (QED) is 0.843. The van der Waals surface area contributed by atoms with Gasteiger partial charge in [-0.1, -0.05) is 19.9 Å². The van der Waals surface area contributed by atoms with Gasteiger partial charge in [-0.3, -0.25) is 9.88 Å². The lowest BCUT2D eigenvalue weighted by Gasteiger charge is -2.31. The Labute approximate surface area is 104 Å². The molecule has 3 heteroatoms. The van der Waals surface area contributed by atoms with E-state index in [-0.39, 0.29) is 0 Å². The molecule has 0 amide bonds. The molecule has 0 spiro atoms. The van der Waals surface area contributed by atoms with Gasteiger partial charge in [0.05, 0.1) is 0 Å². The van der Waals surface area contributed by atoms with Gasteiger partial charge in [0, 0.05) is 32.0 Å². The average molecular weight is 233 g/mol. The molecule has 1 aromatic heterocycles. The fourth-order valence-corrected chi connectivity index (χ4v) is 2.54. The minimum Gasteiger partial charge on any atom is -0.316 e. The van der Waals surface area contributed by atoms with E-state index in [0.717, 1.165) is 31.5 Å². The van der Waals surface area contributed by atoms with Gasteiger partial charge in [0.1, 0.15) is 0 Å². The highest BCUT2D eigenvalue weighted by molar-refractivity contribution is 5.08. The molecule has 17 heavy (non-hydrogen) atoms. The lowest BCUT2D eigenvalue weighted by molar-refractivity contribution is 0.178. The van der Waals surface area contributed by atoms with E-state index < -0.39 is 0 Å². The number of hydrogen-bond donors (Lipinski definition) is 1. The van der Waals surface area contributed by atoms with Crippen LogP contribution in [0.4, 0.5) is 0 Å². The number of nitrogens with one attached hydrogen (secondary N) is 1. The molecule has 0 saturated carbocycles. The molecule has 0 radical (unpaired) electrons. The number of rotatable bonds is 2.